The Balaban J connectivity index is 1.78. The van der Waals surface area contributed by atoms with Crippen molar-refractivity contribution in [3.63, 3.8) is 0 Å². The number of hydrogen-bond donors (Lipinski definition) is 3. The smallest absolute Gasteiger partial charge is 0.297 e. The molecule has 1 aliphatic heterocycles. The number of phenols is 1. The second kappa shape index (κ2) is 9.38. The van der Waals surface area contributed by atoms with E-state index in [1.165, 1.54) is 31.2 Å². The van der Waals surface area contributed by atoms with Gasteiger partial charge in [-0.2, -0.15) is 0 Å². The van der Waals surface area contributed by atoms with Crippen molar-refractivity contribution in [2.75, 3.05) is 13.1 Å². The molecule has 1 saturated heterocycles. The lowest BCUT2D eigenvalue weighted by Crippen LogP contribution is -2.36. The molecule has 2 heterocycles. The predicted octanol–water partition coefficient (Wildman–Crippen LogP) is 3.94. The van der Waals surface area contributed by atoms with Gasteiger partial charge in [-0.25, -0.2) is 4.98 Å². The van der Waals surface area contributed by atoms with Crippen molar-refractivity contribution in [1.82, 2.24) is 14.9 Å². The molecule has 8 nitrogen and oxygen atoms in total. The summed E-state index contributed by atoms with van der Waals surface area (Å²) in [7, 11) is 0. The van der Waals surface area contributed by atoms with Crippen molar-refractivity contribution < 1.29 is 5.11 Å². The Morgan fingerprint density at radius 3 is 2.63 bits per heavy atom. The van der Waals surface area contributed by atoms with Gasteiger partial charge in [-0.3, -0.25) is 4.79 Å². The third-order valence-corrected chi connectivity index (χ3v) is 6.35. The zero-order chi connectivity index (χ0) is 20.9. The van der Waals surface area contributed by atoms with Gasteiger partial charge in [0.05, 0.1) is 5.69 Å². The number of rotatable bonds is 4. The fraction of sp³-hybridized carbons (Fsp3) is 0.545. The molecule has 1 saturated carbocycles. The van der Waals surface area contributed by atoms with Crippen LogP contribution >= 0.6 is 0 Å². The van der Waals surface area contributed by atoms with Gasteiger partial charge in [-0.1, -0.05) is 37.0 Å². The number of aromatic nitrogens is 2. The Kier molecular flexibility index (Phi) is 6.42. The monoisotopic (exact) mass is 410 g/mol. The first-order chi connectivity index (χ1) is 14.7. The molecule has 4 rings (SSSR count). The minimum absolute atomic E-state index is 0.00640. The van der Waals surface area contributed by atoms with Crippen LogP contribution in [0.4, 0.5) is 5.82 Å². The Labute approximate surface area is 176 Å². The van der Waals surface area contributed by atoms with Gasteiger partial charge < -0.3 is 20.8 Å². The molecule has 0 radical (unpaired) electrons. The summed E-state index contributed by atoms with van der Waals surface area (Å²) >= 11 is 0. The van der Waals surface area contributed by atoms with Gasteiger partial charge in [0.2, 0.25) is 5.82 Å². The highest BCUT2D eigenvalue weighted by molar-refractivity contribution is 5.68. The molecule has 2 fully saturated rings. The van der Waals surface area contributed by atoms with Gasteiger partial charge in [0, 0.05) is 24.3 Å². The van der Waals surface area contributed by atoms with E-state index >= 15 is 0 Å². The second-order valence-electron chi connectivity index (χ2n) is 8.34. The van der Waals surface area contributed by atoms with Gasteiger partial charge in [0.25, 0.3) is 5.56 Å². The Hall–Kier alpha value is -2.74. The maximum Gasteiger partial charge on any atom is 0.297 e. The summed E-state index contributed by atoms with van der Waals surface area (Å²) in [5.74, 6) is 5.80. The lowest BCUT2D eigenvalue weighted by atomic mass is 9.90. The average molecular weight is 411 g/mol. The van der Waals surface area contributed by atoms with E-state index in [1.807, 2.05) is 12.1 Å². The van der Waals surface area contributed by atoms with Gasteiger partial charge in [-0.05, 0) is 55.8 Å². The van der Waals surface area contributed by atoms with Crippen molar-refractivity contribution >= 4 is 5.82 Å². The quantitative estimate of drug-likeness (QED) is 0.305. The highest BCUT2D eigenvalue weighted by Crippen LogP contribution is 2.37. The number of nitrogens with zero attached hydrogens (tertiary/aromatic N) is 4. The highest BCUT2D eigenvalue weighted by atomic mass is 16.3. The third kappa shape index (κ3) is 4.38. The van der Waals surface area contributed by atoms with E-state index in [2.05, 4.69) is 20.6 Å². The van der Waals surface area contributed by atoms with Gasteiger partial charge in [0.15, 0.2) is 0 Å². The number of nitrogens with one attached hydrogen (secondary N) is 1. The zero-order valence-corrected chi connectivity index (χ0v) is 17.3. The lowest BCUT2D eigenvalue weighted by Gasteiger charge is -2.25. The minimum Gasteiger partial charge on any atom is -0.507 e. The molecular formula is C22H30N6O2. The number of nitrogens with two attached hydrogens (primary N) is 1. The summed E-state index contributed by atoms with van der Waals surface area (Å²) in [5.41, 5.74) is 2.02. The fourth-order valence-corrected chi connectivity index (χ4v) is 4.71. The fourth-order valence-electron chi connectivity index (χ4n) is 4.71. The van der Waals surface area contributed by atoms with Crippen LogP contribution in [0.1, 0.15) is 68.9 Å². The first-order valence-corrected chi connectivity index (χ1v) is 11.0. The molecule has 1 unspecified atom stereocenters. The SMILES string of the molecule is NN=Nc1nc(-c2cc(C3CCCCCC3)ccc2O)cn(C2CCCNC2)c1=O. The van der Waals surface area contributed by atoms with E-state index in [1.54, 1.807) is 16.8 Å². The standard InChI is InChI=1S/C22H30N6O2/c23-27-26-21-22(30)28(17-8-5-11-24-13-17)14-19(25-21)18-12-16(9-10-20(18)29)15-6-3-1-2-4-7-15/h9-10,12,14-15,17,24,29H,1-8,11,13H2,(H2,23,25,26). The summed E-state index contributed by atoms with van der Waals surface area (Å²) in [6, 6.07) is 5.77. The molecule has 1 atom stereocenters. The minimum atomic E-state index is -0.318. The molecule has 1 aromatic heterocycles. The van der Waals surface area contributed by atoms with Crippen molar-refractivity contribution in [1.29, 1.82) is 0 Å². The molecule has 2 aromatic rings. The topological polar surface area (TPSA) is 118 Å². The van der Waals surface area contributed by atoms with Crippen LogP contribution in [0, 0.1) is 0 Å². The Bertz CT molecular complexity index is 957. The van der Waals surface area contributed by atoms with Crippen molar-refractivity contribution in [2.24, 2.45) is 16.2 Å². The van der Waals surface area contributed by atoms with Crippen LogP contribution in [0.25, 0.3) is 11.3 Å². The molecule has 0 spiro atoms. The molecule has 1 aliphatic carbocycles. The van der Waals surface area contributed by atoms with E-state index in [4.69, 9.17) is 5.84 Å². The number of benzene rings is 1. The first kappa shape index (κ1) is 20.5. The molecule has 8 heteroatoms. The summed E-state index contributed by atoms with van der Waals surface area (Å²) < 4.78 is 1.66. The largest absolute Gasteiger partial charge is 0.507 e. The molecule has 30 heavy (non-hydrogen) atoms. The molecule has 0 bridgehead atoms. The van der Waals surface area contributed by atoms with Gasteiger partial charge in [0.1, 0.15) is 5.75 Å². The molecular weight excluding hydrogens is 380 g/mol. The van der Waals surface area contributed by atoms with Crippen LogP contribution in [0.3, 0.4) is 0 Å². The van der Waals surface area contributed by atoms with Crippen LogP contribution < -0.4 is 16.7 Å². The van der Waals surface area contributed by atoms with Gasteiger partial charge >= 0.3 is 0 Å². The van der Waals surface area contributed by atoms with E-state index in [0.717, 1.165) is 32.2 Å². The Morgan fingerprint density at radius 1 is 1.13 bits per heavy atom. The molecule has 4 N–H and O–H groups in total. The van der Waals surface area contributed by atoms with Crippen LogP contribution in [0.2, 0.25) is 0 Å². The maximum absolute atomic E-state index is 12.9. The number of hydrogen-bond acceptors (Lipinski definition) is 6. The lowest BCUT2D eigenvalue weighted by molar-refractivity contribution is 0.364. The normalized spacial score (nSPS) is 21.0. The summed E-state index contributed by atoms with van der Waals surface area (Å²) in [6.45, 7) is 1.65. The molecule has 2 aliphatic rings. The van der Waals surface area contributed by atoms with Crippen LogP contribution in [0.5, 0.6) is 5.75 Å². The van der Waals surface area contributed by atoms with E-state index in [9.17, 15) is 9.90 Å². The summed E-state index contributed by atoms with van der Waals surface area (Å²) in [5, 5.41) is 21.0. The predicted molar refractivity (Wildman–Crippen MR) is 116 cm³/mol. The number of piperidine rings is 1. The average Bonchev–Trinajstić information content (AvgIpc) is 3.06. The van der Waals surface area contributed by atoms with Crippen molar-refractivity contribution in [3.8, 4) is 17.0 Å². The van der Waals surface area contributed by atoms with Gasteiger partial charge in [-0.15, -0.1) is 5.11 Å². The number of phenolic OH excluding ortho intramolecular Hbond substituents is 1. The van der Waals surface area contributed by atoms with E-state index in [-0.39, 0.29) is 23.2 Å². The van der Waals surface area contributed by atoms with Crippen LogP contribution in [-0.4, -0.2) is 27.7 Å². The summed E-state index contributed by atoms with van der Waals surface area (Å²) in [6.07, 6.45) is 11.0. The summed E-state index contributed by atoms with van der Waals surface area (Å²) in [4.78, 5) is 17.3. The second-order valence-corrected chi connectivity index (χ2v) is 8.34. The molecule has 0 amide bonds. The van der Waals surface area contributed by atoms with Crippen LogP contribution in [0.15, 0.2) is 39.5 Å². The highest BCUT2D eigenvalue weighted by Gasteiger charge is 2.22. The zero-order valence-electron chi connectivity index (χ0n) is 17.3. The van der Waals surface area contributed by atoms with E-state index < -0.39 is 0 Å². The third-order valence-electron chi connectivity index (χ3n) is 6.35. The van der Waals surface area contributed by atoms with Crippen molar-refractivity contribution in [3.05, 3.63) is 40.3 Å². The van der Waals surface area contributed by atoms with Crippen molar-refractivity contribution in [2.45, 2.75) is 63.3 Å². The maximum atomic E-state index is 12.9. The number of aromatic hydroxyl groups is 1. The van der Waals surface area contributed by atoms with E-state index in [0.29, 0.717) is 23.7 Å². The molecule has 160 valence electrons. The Morgan fingerprint density at radius 2 is 1.93 bits per heavy atom. The first-order valence-electron chi connectivity index (χ1n) is 11.0. The van der Waals surface area contributed by atoms with Crippen LogP contribution in [-0.2, 0) is 0 Å². The molecule has 1 aromatic carbocycles.